The molecule has 1 N–H and O–H groups in total. The molecule has 0 saturated carbocycles. The van der Waals surface area contributed by atoms with Gasteiger partial charge in [-0.2, -0.15) is 0 Å². The Morgan fingerprint density at radius 3 is 2.34 bits per heavy atom. The van der Waals surface area contributed by atoms with E-state index in [1.165, 1.54) is 12.0 Å². The first-order valence-corrected chi connectivity index (χ1v) is 11.5. The summed E-state index contributed by atoms with van der Waals surface area (Å²) < 4.78 is 16.5. The van der Waals surface area contributed by atoms with Gasteiger partial charge in [-0.3, -0.25) is 14.8 Å². The van der Waals surface area contributed by atoms with Gasteiger partial charge in [0.25, 0.3) is 0 Å². The van der Waals surface area contributed by atoms with Crippen molar-refractivity contribution in [1.29, 1.82) is 0 Å². The van der Waals surface area contributed by atoms with Crippen LogP contribution in [0.3, 0.4) is 0 Å². The van der Waals surface area contributed by atoms with Crippen molar-refractivity contribution in [3.8, 4) is 5.75 Å². The molecule has 2 unspecified atom stereocenters. The van der Waals surface area contributed by atoms with Gasteiger partial charge in [0.1, 0.15) is 5.75 Å². The minimum Gasteiger partial charge on any atom is -0.497 e. The zero-order chi connectivity index (χ0) is 21.5. The number of halogens is 1. The summed E-state index contributed by atoms with van der Waals surface area (Å²) in [6.45, 7) is 10.2. The smallest absolute Gasteiger partial charge is 0.193 e. The van der Waals surface area contributed by atoms with Crippen molar-refractivity contribution in [1.82, 2.24) is 20.0 Å². The van der Waals surface area contributed by atoms with E-state index in [0.29, 0.717) is 6.04 Å². The van der Waals surface area contributed by atoms with Crippen LogP contribution in [0.4, 0.5) is 0 Å². The average molecular weight is 559 g/mol. The molecule has 4 rings (SSSR count). The van der Waals surface area contributed by atoms with Crippen LogP contribution in [0, 0.1) is 0 Å². The van der Waals surface area contributed by atoms with Crippen LogP contribution in [-0.2, 0) is 9.47 Å². The third-order valence-electron chi connectivity index (χ3n) is 6.68. The fraction of sp³-hybridized carbons (Fsp3) is 0.696. The van der Waals surface area contributed by atoms with Crippen LogP contribution in [0.5, 0.6) is 5.75 Å². The molecule has 0 radical (unpaired) electrons. The number of nitrogens with one attached hydrogen (secondary N) is 1. The fourth-order valence-corrected chi connectivity index (χ4v) is 4.87. The topological polar surface area (TPSA) is 61.8 Å². The van der Waals surface area contributed by atoms with Crippen molar-refractivity contribution in [3.05, 3.63) is 29.8 Å². The molecule has 3 aliphatic rings. The van der Waals surface area contributed by atoms with Crippen molar-refractivity contribution >= 4 is 29.9 Å². The Morgan fingerprint density at radius 1 is 1.06 bits per heavy atom. The number of benzene rings is 1. The largest absolute Gasteiger partial charge is 0.497 e. The van der Waals surface area contributed by atoms with Crippen LogP contribution in [0.1, 0.15) is 18.0 Å². The number of nitrogens with zero attached hydrogens (tertiary/aromatic N) is 4. The molecule has 9 heteroatoms. The van der Waals surface area contributed by atoms with Crippen LogP contribution in [0.2, 0.25) is 0 Å². The Bertz CT molecular complexity index is 708. The number of ether oxygens (including phenoxy) is 3. The molecule has 0 bridgehead atoms. The lowest BCUT2D eigenvalue weighted by Crippen LogP contribution is -2.48. The Morgan fingerprint density at radius 2 is 1.72 bits per heavy atom. The Balaban J connectivity index is 0.00000289. The number of guanidine groups is 1. The lowest BCUT2D eigenvalue weighted by Gasteiger charge is -2.36. The molecule has 0 amide bonds. The molecule has 32 heavy (non-hydrogen) atoms. The Kier molecular flexibility index (Phi) is 10.3. The quantitative estimate of drug-likeness (QED) is 0.324. The number of likely N-dealkylation sites (tertiary alicyclic amines) is 1. The molecule has 3 heterocycles. The van der Waals surface area contributed by atoms with E-state index in [4.69, 9.17) is 14.2 Å². The highest BCUT2D eigenvalue weighted by molar-refractivity contribution is 14.0. The van der Waals surface area contributed by atoms with E-state index < -0.39 is 0 Å². The number of methoxy groups -OCH3 is 1. The van der Waals surface area contributed by atoms with E-state index in [1.54, 1.807) is 7.11 Å². The van der Waals surface area contributed by atoms with E-state index in [2.05, 4.69) is 37.1 Å². The van der Waals surface area contributed by atoms with Crippen LogP contribution >= 0.6 is 24.0 Å². The van der Waals surface area contributed by atoms with Gasteiger partial charge in [-0.15, -0.1) is 24.0 Å². The molecular formula is C23H38IN5O3. The first-order valence-electron chi connectivity index (χ1n) is 11.5. The Labute approximate surface area is 209 Å². The number of aliphatic imine (C=N–C) groups is 1. The van der Waals surface area contributed by atoms with E-state index in [0.717, 1.165) is 83.9 Å². The van der Waals surface area contributed by atoms with E-state index in [-0.39, 0.29) is 30.0 Å². The minimum atomic E-state index is 0. The van der Waals surface area contributed by atoms with Gasteiger partial charge in [0.2, 0.25) is 0 Å². The molecule has 8 nitrogen and oxygen atoms in total. The molecule has 3 fully saturated rings. The highest BCUT2D eigenvalue weighted by atomic mass is 127. The highest BCUT2D eigenvalue weighted by Gasteiger charge is 2.31. The van der Waals surface area contributed by atoms with Gasteiger partial charge in [0, 0.05) is 58.9 Å². The van der Waals surface area contributed by atoms with Gasteiger partial charge < -0.3 is 24.4 Å². The first kappa shape index (κ1) is 25.5. The third kappa shape index (κ3) is 6.47. The lowest BCUT2D eigenvalue weighted by molar-refractivity contribution is 0.0167. The van der Waals surface area contributed by atoms with Crippen molar-refractivity contribution in [3.63, 3.8) is 0 Å². The number of hydrogen-bond donors (Lipinski definition) is 1. The molecule has 0 aliphatic carbocycles. The maximum absolute atomic E-state index is 5.59. The van der Waals surface area contributed by atoms with Crippen LogP contribution in [-0.4, -0.2) is 113 Å². The zero-order valence-corrected chi connectivity index (χ0v) is 21.7. The zero-order valence-electron chi connectivity index (χ0n) is 19.4. The van der Waals surface area contributed by atoms with Crippen molar-refractivity contribution in [2.45, 2.75) is 18.5 Å². The maximum atomic E-state index is 5.59. The standard InChI is InChI=1S/C23H37N5O3.HI/c1-24-23(28-8-7-20(18-28)26-9-13-30-14-10-26)25-17-22(27-11-15-31-16-12-27)19-3-5-21(29-2)6-4-19;/h3-6,20,22H,7-18H2,1-2H3,(H,24,25);1H. The SMILES string of the molecule is CN=C(NCC(c1ccc(OC)cc1)N1CCOCC1)N1CCC(N2CCOCC2)C1.I. The monoisotopic (exact) mass is 559 g/mol. The molecule has 3 aliphatic heterocycles. The normalized spacial score (nSPS) is 24.1. The number of rotatable bonds is 6. The van der Waals surface area contributed by atoms with Crippen molar-refractivity contribution in [2.24, 2.45) is 4.99 Å². The first-order chi connectivity index (χ1) is 15.3. The summed E-state index contributed by atoms with van der Waals surface area (Å²) in [7, 11) is 3.60. The summed E-state index contributed by atoms with van der Waals surface area (Å²) in [5, 5.41) is 3.68. The van der Waals surface area contributed by atoms with Gasteiger partial charge in [0.05, 0.1) is 39.6 Å². The molecule has 2 atom stereocenters. The van der Waals surface area contributed by atoms with E-state index in [1.807, 2.05) is 19.2 Å². The molecule has 0 aromatic heterocycles. The van der Waals surface area contributed by atoms with Gasteiger partial charge >= 0.3 is 0 Å². The third-order valence-corrected chi connectivity index (χ3v) is 6.68. The summed E-state index contributed by atoms with van der Waals surface area (Å²) in [6, 6.07) is 9.31. The fourth-order valence-electron chi connectivity index (χ4n) is 4.87. The van der Waals surface area contributed by atoms with Gasteiger partial charge in [-0.05, 0) is 24.1 Å². The summed E-state index contributed by atoms with van der Waals surface area (Å²) in [4.78, 5) is 12.1. The number of morpholine rings is 2. The predicted molar refractivity (Wildman–Crippen MR) is 137 cm³/mol. The summed E-state index contributed by atoms with van der Waals surface area (Å²) in [6.07, 6.45) is 1.19. The second kappa shape index (κ2) is 12.9. The second-order valence-corrected chi connectivity index (χ2v) is 8.40. The van der Waals surface area contributed by atoms with Gasteiger partial charge in [0.15, 0.2) is 5.96 Å². The summed E-state index contributed by atoms with van der Waals surface area (Å²) in [5.74, 6) is 1.89. The summed E-state index contributed by atoms with van der Waals surface area (Å²) in [5.41, 5.74) is 1.29. The maximum Gasteiger partial charge on any atom is 0.193 e. The minimum absolute atomic E-state index is 0. The highest BCUT2D eigenvalue weighted by Crippen LogP contribution is 2.24. The van der Waals surface area contributed by atoms with Gasteiger partial charge in [-0.1, -0.05) is 12.1 Å². The van der Waals surface area contributed by atoms with E-state index >= 15 is 0 Å². The molecular weight excluding hydrogens is 521 g/mol. The van der Waals surface area contributed by atoms with Crippen LogP contribution in [0.15, 0.2) is 29.3 Å². The molecule has 0 spiro atoms. The van der Waals surface area contributed by atoms with Crippen molar-refractivity contribution < 1.29 is 14.2 Å². The molecule has 1 aromatic carbocycles. The van der Waals surface area contributed by atoms with Crippen molar-refractivity contribution in [2.75, 3.05) is 86.4 Å². The molecule has 1 aromatic rings. The second-order valence-electron chi connectivity index (χ2n) is 8.40. The predicted octanol–water partition coefficient (Wildman–Crippen LogP) is 1.67. The lowest BCUT2D eigenvalue weighted by atomic mass is 10.0. The van der Waals surface area contributed by atoms with Gasteiger partial charge in [-0.25, -0.2) is 0 Å². The summed E-state index contributed by atoms with van der Waals surface area (Å²) >= 11 is 0. The average Bonchev–Trinajstić information content (AvgIpc) is 3.33. The Hall–Kier alpha value is -1.14. The number of hydrogen-bond acceptors (Lipinski definition) is 6. The van der Waals surface area contributed by atoms with Crippen LogP contribution < -0.4 is 10.1 Å². The van der Waals surface area contributed by atoms with Crippen LogP contribution in [0.25, 0.3) is 0 Å². The molecule has 180 valence electrons. The van der Waals surface area contributed by atoms with E-state index in [9.17, 15) is 0 Å². The molecule has 3 saturated heterocycles.